The van der Waals surface area contributed by atoms with Crippen LogP contribution in [0.5, 0.6) is 5.75 Å². The minimum atomic E-state index is -0.811. The zero-order chi connectivity index (χ0) is 28.6. The van der Waals surface area contributed by atoms with Gasteiger partial charge in [-0.3, -0.25) is 19.5 Å². The molecule has 0 radical (unpaired) electrons. The smallest absolute Gasteiger partial charge is 0.338 e. The van der Waals surface area contributed by atoms with Gasteiger partial charge in [-0.05, 0) is 39.0 Å². The van der Waals surface area contributed by atoms with Crippen LogP contribution in [-0.4, -0.2) is 29.2 Å². The van der Waals surface area contributed by atoms with Crippen molar-refractivity contribution in [3.05, 3.63) is 113 Å². The van der Waals surface area contributed by atoms with Crippen molar-refractivity contribution in [2.24, 2.45) is 4.99 Å². The molecule has 2 aromatic heterocycles. The van der Waals surface area contributed by atoms with E-state index in [9.17, 15) is 19.7 Å². The molecular weight excluding hydrogens is 534 g/mol. The van der Waals surface area contributed by atoms with Crippen LogP contribution in [0.4, 0.5) is 5.69 Å². The van der Waals surface area contributed by atoms with Crippen molar-refractivity contribution in [2.45, 2.75) is 26.8 Å². The molecule has 0 bridgehead atoms. The monoisotopic (exact) mass is 559 g/mol. The van der Waals surface area contributed by atoms with Gasteiger partial charge >= 0.3 is 5.97 Å². The minimum Gasteiger partial charge on any atom is -0.496 e. The summed E-state index contributed by atoms with van der Waals surface area (Å²) in [5.74, 6) is 0.770. The molecule has 1 aliphatic heterocycles. The Hall–Kier alpha value is -4.77. The van der Waals surface area contributed by atoms with E-state index in [0.717, 1.165) is 11.3 Å². The Kier molecular flexibility index (Phi) is 7.22. The van der Waals surface area contributed by atoms with Crippen LogP contribution in [-0.2, 0) is 9.53 Å². The predicted octanol–water partition coefficient (Wildman–Crippen LogP) is 4.28. The maximum Gasteiger partial charge on any atom is 0.338 e. The minimum absolute atomic E-state index is 0.00660. The van der Waals surface area contributed by atoms with Crippen molar-refractivity contribution in [3.8, 4) is 17.1 Å². The van der Waals surface area contributed by atoms with Gasteiger partial charge in [0, 0.05) is 28.8 Å². The maximum absolute atomic E-state index is 13.8. The molecule has 0 N–H and O–H groups in total. The molecule has 2 aromatic carbocycles. The third-order valence-corrected chi connectivity index (χ3v) is 7.52. The summed E-state index contributed by atoms with van der Waals surface area (Å²) in [7, 11) is 1.53. The third kappa shape index (κ3) is 4.75. The number of nitro groups is 1. The first kappa shape index (κ1) is 26.8. The average Bonchev–Trinajstić information content (AvgIpc) is 3.52. The quantitative estimate of drug-likeness (QED) is 0.188. The Morgan fingerprint density at radius 3 is 2.70 bits per heavy atom. The Morgan fingerprint density at radius 1 is 1.20 bits per heavy atom. The van der Waals surface area contributed by atoms with Crippen molar-refractivity contribution < 1.29 is 23.6 Å². The molecule has 1 aliphatic rings. The van der Waals surface area contributed by atoms with Gasteiger partial charge in [-0.1, -0.05) is 41.7 Å². The molecule has 1 atom stereocenters. The van der Waals surface area contributed by atoms with E-state index in [1.54, 1.807) is 63.2 Å². The fourth-order valence-corrected chi connectivity index (χ4v) is 5.68. The maximum atomic E-state index is 13.8. The lowest BCUT2D eigenvalue weighted by atomic mass is 9.95. The van der Waals surface area contributed by atoms with Crippen LogP contribution in [0.15, 0.2) is 80.1 Å². The number of benzene rings is 2. The summed E-state index contributed by atoms with van der Waals surface area (Å²) in [4.78, 5) is 42.8. The Morgan fingerprint density at radius 2 is 1.98 bits per heavy atom. The first-order valence-corrected chi connectivity index (χ1v) is 13.2. The molecule has 0 saturated carbocycles. The summed E-state index contributed by atoms with van der Waals surface area (Å²) in [6.07, 6.45) is 1.60. The van der Waals surface area contributed by atoms with E-state index in [2.05, 4.69) is 4.99 Å². The number of nitrogens with zero attached hydrogens (tertiary/aromatic N) is 3. The van der Waals surface area contributed by atoms with Crippen LogP contribution in [0, 0.1) is 17.0 Å². The molecule has 10 nitrogen and oxygen atoms in total. The molecule has 3 heterocycles. The standard InChI is InChI=1S/C29H25N3O7S/c1-5-38-28(34)25-17(3)30-29-31(26(25)20-8-6-7-9-23(20)37-4)27(33)24(40-29)15-19-12-13-22(39-19)18-11-10-16(2)21(14-18)32(35)36/h6-15,26H,5H2,1-4H3/b24-15+/t26-/m0/s1. The second-order valence-electron chi connectivity index (χ2n) is 9.00. The van der Waals surface area contributed by atoms with E-state index < -0.39 is 16.9 Å². The molecule has 0 amide bonds. The van der Waals surface area contributed by atoms with Gasteiger partial charge in [0.25, 0.3) is 11.2 Å². The van der Waals surface area contributed by atoms with Gasteiger partial charge in [-0.2, -0.15) is 0 Å². The lowest BCUT2D eigenvalue weighted by Gasteiger charge is -2.25. The lowest BCUT2D eigenvalue weighted by molar-refractivity contribution is -0.385. The van der Waals surface area contributed by atoms with Crippen LogP contribution in [0.1, 0.15) is 36.8 Å². The van der Waals surface area contributed by atoms with Crippen molar-refractivity contribution in [1.29, 1.82) is 0 Å². The number of thiazole rings is 1. The topological polar surface area (TPSA) is 126 Å². The number of hydrogen-bond acceptors (Lipinski definition) is 9. The third-order valence-electron chi connectivity index (χ3n) is 6.54. The number of carbonyl (C=O) groups is 1. The Bertz CT molecular complexity index is 1860. The van der Waals surface area contributed by atoms with E-state index in [1.807, 2.05) is 12.1 Å². The SMILES string of the molecule is CCOC(=O)C1=C(C)N=c2s/c(=C/c3ccc(-c4ccc(C)c([N+](=O)[O-])c4)o3)c(=O)n2[C@H]1c1ccccc1OC. The number of rotatable bonds is 7. The van der Waals surface area contributed by atoms with Crippen LogP contribution in [0.2, 0.25) is 0 Å². The molecule has 0 saturated heterocycles. The highest BCUT2D eigenvalue weighted by Crippen LogP contribution is 2.35. The van der Waals surface area contributed by atoms with Crippen LogP contribution in [0.25, 0.3) is 17.4 Å². The summed E-state index contributed by atoms with van der Waals surface area (Å²) >= 11 is 1.16. The number of hydrogen-bond donors (Lipinski definition) is 0. The van der Waals surface area contributed by atoms with Gasteiger partial charge in [-0.15, -0.1) is 0 Å². The molecule has 0 aliphatic carbocycles. The Balaban J connectivity index is 1.64. The number of esters is 1. The number of para-hydroxylation sites is 1. The summed E-state index contributed by atoms with van der Waals surface area (Å²) in [5, 5.41) is 11.4. The van der Waals surface area contributed by atoms with Gasteiger partial charge in [0.2, 0.25) is 0 Å². The van der Waals surface area contributed by atoms with E-state index in [4.69, 9.17) is 13.9 Å². The average molecular weight is 560 g/mol. The molecule has 5 rings (SSSR count). The van der Waals surface area contributed by atoms with E-state index >= 15 is 0 Å². The largest absolute Gasteiger partial charge is 0.496 e. The Labute approximate surface area is 232 Å². The number of carbonyl (C=O) groups excluding carboxylic acids is 1. The molecule has 0 fully saturated rings. The van der Waals surface area contributed by atoms with Gasteiger partial charge in [-0.25, -0.2) is 9.79 Å². The van der Waals surface area contributed by atoms with Gasteiger partial charge < -0.3 is 13.9 Å². The summed E-state index contributed by atoms with van der Waals surface area (Å²) < 4.78 is 18.7. The first-order valence-electron chi connectivity index (χ1n) is 12.4. The van der Waals surface area contributed by atoms with Gasteiger partial charge in [0.1, 0.15) is 23.3 Å². The van der Waals surface area contributed by atoms with Crippen LogP contribution < -0.4 is 19.6 Å². The lowest BCUT2D eigenvalue weighted by Crippen LogP contribution is -2.40. The van der Waals surface area contributed by atoms with Crippen LogP contribution >= 0.6 is 11.3 Å². The molecule has 0 unspecified atom stereocenters. The summed E-state index contributed by atoms with van der Waals surface area (Å²) in [6, 6.07) is 14.6. The number of methoxy groups -OCH3 is 1. The highest BCUT2D eigenvalue weighted by molar-refractivity contribution is 7.07. The summed E-state index contributed by atoms with van der Waals surface area (Å²) in [5.41, 5.74) is 2.05. The van der Waals surface area contributed by atoms with Crippen molar-refractivity contribution in [2.75, 3.05) is 13.7 Å². The van der Waals surface area contributed by atoms with E-state index in [0.29, 0.717) is 49.0 Å². The van der Waals surface area contributed by atoms with Gasteiger partial charge in [0.15, 0.2) is 4.80 Å². The van der Waals surface area contributed by atoms with E-state index in [1.165, 1.54) is 17.7 Å². The molecule has 0 spiro atoms. The number of furan rings is 1. The summed E-state index contributed by atoms with van der Waals surface area (Å²) in [6.45, 7) is 5.27. The van der Waals surface area contributed by atoms with Crippen LogP contribution in [0.3, 0.4) is 0 Å². The highest BCUT2D eigenvalue weighted by Gasteiger charge is 2.35. The fourth-order valence-electron chi connectivity index (χ4n) is 4.65. The zero-order valence-corrected chi connectivity index (χ0v) is 23.0. The number of allylic oxidation sites excluding steroid dienone is 1. The second-order valence-corrected chi connectivity index (χ2v) is 10.0. The van der Waals surface area contributed by atoms with Crippen molar-refractivity contribution in [3.63, 3.8) is 0 Å². The van der Waals surface area contributed by atoms with Crippen molar-refractivity contribution in [1.82, 2.24) is 4.57 Å². The first-order chi connectivity index (χ1) is 19.2. The van der Waals surface area contributed by atoms with E-state index in [-0.39, 0.29) is 23.4 Å². The number of aromatic nitrogens is 1. The zero-order valence-electron chi connectivity index (χ0n) is 22.2. The van der Waals surface area contributed by atoms with Gasteiger partial charge in [0.05, 0.1) is 34.4 Å². The number of nitro benzene ring substituents is 1. The fraction of sp³-hybridized carbons (Fsp3) is 0.207. The molecule has 204 valence electrons. The predicted molar refractivity (Wildman–Crippen MR) is 149 cm³/mol. The second kappa shape index (κ2) is 10.8. The number of fused-ring (bicyclic) bond motifs is 1. The molecule has 40 heavy (non-hydrogen) atoms. The van der Waals surface area contributed by atoms with Crippen molar-refractivity contribution >= 4 is 29.1 Å². The highest BCUT2D eigenvalue weighted by atomic mass is 32.1. The molecule has 11 heteroatoms. The normalized spacial score (nSPS) is 15.0. The number of aryl methyl sites for hydroxylation is 1. The number of ether oxygens (including phenoxy) is 2. The molecule has 4 aromatic rings. The molecular formula is C29H25N3O7S.